The molecule has 0 radical (unpaired) electrons. The molecule has 0 aliphatic carbocycles. The van der Waals surface area contributed by atoms with Crippen LogP contribution in [0.25, 0.3) is 22.6 Å². The van der Waals surface area contributed by atoms with Gasteiger partial charge in [-0.25, -0.2) is 9.37 Å². The Kier molecular flexibility index (Phi) is 2.88. The molecule has 0 amide bonds. The highest BCUT2D eigenvalue weighted by Gasteiger charge is 2.17. The highest BCUT2D eigenvalue weighted by molar-refractivity contribution is 5.76. The second-order valence-electron chi connectivity index (χ2n) is 5.35. The van der Waals surface area contributed by atoms with E-state index < -0.39 is 0 Å². The molecule has 21 heavy (non-hydrogen) atoms. The van der Waals surface area contributed by atoms with Gasteiger partial charge in [0, 0.05) is 18.8 Å². The molecule has 4 heteroatoms. The Morgan fingerprint density at radius 2 is 1.86 bits per heavy atom. The van der Waals surface area contributed by atoms with Crippen LogP contribution in [0.3, 0.4) is 0 Å². The van der Waals surface area contributed by atoms with Crippen molar-refractivity contribution in [2.24, 2.45) is 0 Å². The molecule has 0 unspecified atom stereocenters. The van der Waals surface area contributed by atoms with Crippen molar-refractivity contribution in [1.29, 1.82) is 0 Å². The standard InChI is InChI=1S/C17H15FN2O/c18-14-8-7-12(20-9-3-4-10-20)11-13(14)17-19-15-5-1-2-6-16(15)21-17/h1-2,5-8,11H,3-4,9-10H2. The lowest BCUT2D eigenvalue weighted by Gasteiger charge is -2.18. The number of hydrogen-bond donors (Lipinski definition) is 0. The lowest BCUT2D eigenvalue weighted by Crippen LogP contribution is -2.17. The summed E-state index contributed by atoms with van der Waals surface area (Å²) in [5.74, 6) is 0.0410. The maximum atomic E-state index is 14.2. The molecule has 0 saturated carbocycles. The van der Waals surface area contributed by atoms with Crippen LogP contribution >= 0.6 is 0 Å². The zero-order valence-corrected chi connectivity index (χ0v) is 11.6. The molecule has 4 rings (SSSR count). The molecule has 1 saturated heterocycles. The molecule has 2 aromatic carbocycles. The van der Waals surface area contributed by atoms with E-state index in [-0.39, 0.29) is 5.82 Å². The van der Waals surface area contributed by atoms with Gasteiger partial charge in [0.25, 0.3) is 0 Å². The zero-order valence-electron chi connectivity index (χ0n) is 11.6. The summed E-state index contributed by atoms with van der Waals surface area (Å²) in [7, 11) is 0. The summed E-state index contributed by atoms with van der Waals surface area (Å²) < 4.78 is 19.8. The van der Waals surface area contributed by atoms with Crippen molar-refractivity contribution >= 4 is 16.8 Å². The van der Waals surface area contributed by atoms with E-state index in [0.717, 1.165) is 24.3 Å². The van der Waals surface area contributed by atoms with Crippen molar-refractivity contribution in [1.82, 2.24) is 4.98 Å². The first kappa shape index (κ1) is 12.4. The summed E-state index contributed by atoms with van der Waals surface area (Å²) >= 11 is 0. The van der Waals surface area contributed by atoms with E-state index >= 15 is 0 Å². The summed E-state index contributed by atoms with van der Waals surface area (Å²) in [5.41, 5.74) is 2.89. The van der Waals surface area contributed by atoms with Gasteiger partial charge < -0.3 is 9.32 Å². The van der Waals surface area contributed by atoms with Crippen molar-refractivity contribution in [2.75, 3.05) is 18.0 Å². The molecule has 0 spiro atoms. The first-order valence-electron chi connectivity index (χ1n) is 7.22. The molecule has 1 aliphatic rings. The number of benzene rings is 2. The Morgan fingerprint density at radius 1 is 1.05 bits per heavy atom. The molecule has 3 aromatic rings. The summed E-state index contributed by atoms with van der Waals surface area (Å²) in [6.07, 6.45) is 2.38. The van der Waals surface area contributed by atoms with Crippen molar-refractivity contribution in [3.05, 3.63) is 48.3 Å². The molecule has 1 aliphatic heterocycles. The average molecular weight is 282 g/mol. The fraction of sp³-hybridized carbons (Fsp3) is 0.235. The van der Waals surface area contributed by atoms with E-state index in [1.807, 2.05) is 36.4 Å². The van der Waals surface area contributed by atoms with Gasteiger partial charge in [0.1, 0.15) is 11.3 Å². The first-order chi connectivity index (χ1) is 10.3. The van der Waals surface area contributed by atoms with Crippen LogP contribution in [0, 0.1) is 5.82 Å². The number of fused-ring (bicyclic) bond motifs is 1. The van der Waals surface area contributed by atoms with Crippen molar-refractivity contribution in [3.8, 4) is 11.5 Å². The largest absolute Gasteiger partial charge is 0.436 e. The smallest absolute Gasteiger partial charge is 0.230 e. The van der Waals surface area contributed by atoms with Gasteiger partial charge in [0.2, 0.25) is 5.89 Å². The number of nitrogens with zero attached hydrogens (tertiary/aromatic N) is 2. The number of rotatable bonds is 2. The van der Waals surface area contributed by atoms with Crippen LogP contribution < -0.4 is 4.90 Å². The summed E-state index contributed by atoms with van der Waals surface area (Å²) in [6.45, 7) is 2.05. The van der Waals surface area contributed by atoms with E-state index in [1.165, 1.54) is 18.9 Å². The zero-order chi connectivity index (χ0) is 14.2. The number of para-hydroxylation sites is 2. The van der Waals surface area contributed by atoms with Crippen molar-refractivity contribution < 1.29 is 8.81 Å². The Bertz CT molecular complexity index is 757. The minimum absolute atomic E-state index is 0.301. The Labute approximate surface area is 122 Å². The van der Waals surface area contributed by atoms with E-state index in [1.54, 1.807) is 0 Å². The second-order valence-corrected chi connectivity index (χ2v) is 5.35. The molecule has 2 heterocycles. The van der Waals surface area contributed by atoms with Gasteiger partial charge >= 0.3 is 0 Å². The maximum absolute atomic E-state index is 14.2. The summed E-state index contributed by atoms with van der Waals surface area (Å²) in [4.78, 5) is 6.66. The van der Waals surface area contributed by atoms with E-state index in [0.29, 0.717) is 17.0 Å². The molecular weight excluding hydrogens is 267 g/mol. The van der Waals surface area contributed by atoms with Crippen LogP contribution in [-0.4, -0.2) is 18.1 Å². The van der Waals surface area contributed by atoms with Crippen LogP contribution in [0.2, 0.25) is 0 Å². The predicted octanol–water partition coefficient (Wildman–Crippen LogP) is 4.23. The van der Waals surface area contributed by atoms with Crippen molar-refractivity contribution in [2.45, 2.75) is 12.8 Å². The number of hydrogen-bond acceptors (Lipinski definition) is 3. The maximum Gasteiger partial charge on any atom is 0.230 e. The van der Waals surface area contributed by atoms with Crippen LogP contribution in [0.15, 0.2) is 46.9 Å². The van der Waals surface area contributed by atoms with Gasteiger partial charge in [-0.2, -0.15) is 0 Å². The molecular formula is C17H15FN2O. The molecule has 106 valence electrons. The fourth-order valence-corrected chi connectivity index (χ4v) is 2.84. The first-order valence-corrected chi connectivity index (χ1v) is 7.22. The van der Waals surface area contributed by atoms with E-state index in [4.69, 9.17) is 4.42 Å². The second kappa shape index (κ2) is 4.88. The van der Waals surface area contributed by atoms with Gasteiger partial charge in [-0.05, 0) is 43.2 Å². The van der Waals surface area contributed by atoms with Gasteiger partial charge in [-0.1, -0.05) is 12.1 Å². The SMILES string of the molecule is Fc1ccc(N2CCCC2)cc1-c1nc2ccccc2o1. The van der Waals surface area contributed by atoms with Crippen molar-refractivity contribution in [3.63, 3.8) is 0 Å². The third-order valence-corrected chi connectivity index (χ3v) is 3.95. The molecule has 1 fully saturated rings. The van der Waals surface area contributed by atoms with Gasteiger partial charge in [0.05, 0.1) is 5.56 Å². The van der Waals surface area contributed by atoms with Crippen LogP contribution in [-0.2, 0) is 0 Å². The quantitative estimate of drug-likeness (QED) is 0.704. The van der Waals surface area contributed by atoms with Gasteiger partial charge in [-0.3, -0.25) is 0 Å². The number of halogens is 1. The normalized spacial score (nSPS) is 15.0. The fourth-order valence-electron chi connectivity index (χ4n) is 2.84. The summed E-state index contributed by atoms with van der Waals surface area (Å²) in [6, 6.07) is 12.6. The molecule has 0 bridgehead atoms. The van der Waals surface area contributed by atoms with Gasteiger partial charge in [-0.15, -0.1) is 0 Å². The lowest BCUT2D eigenvalue weighted by atomic mass is 10.1. The van der Waals surface area contributed by atoms with E-state index in [2.05, 4.69) is 9.88 Å². The molecule has 0 atom stereocenters. The van der Waals surface area contributed by atoms with Crippen LogP contribution in [0.1, 0.15) is 12.8 Å². The predicted molar refractivity (Wildman–Crippen MR) is 80.9 cm³/mol. The minimum atomic E-state index is -0.301. The lowest BCUT2D eigenvalue weighted by molar-refractivity contribution is 0.593. The van der Waals surface area contributed by atoms with Gasteiger partial charge in [0.15, 0.2) is 5.58 Å². The van der Waals surface area contributed by atoms with Crippen LogP contribution in [0.5, 0.6) is 0 Å². The third kappa shape index (κ3) is 2.17. The highest BCUT2D eigenvalue weighted by atomic mass is 19.1. The average Bonchev–Trinajstić information content (AvgIpc) is 3.17. The third-order valence-electron chi connectivity index (χ3n) is 3.95. The monoisotopic (exact) mass is 282 g/mol. The Morgan fingerprint density at radius 3 is 2.67 bits per heavy atom. The summed E-state index contributed by atoms with van der Waals surface area (Å²) in [5, 5.41) is 0. The topological polar surface area (TPSA) is 29.3 Å². The van der Waals surface area contributed by atoms with Crippen LogP contribution in [0.4, 0.5) is 10.1 Å². The molecule has 1 aromatic heterocycles. The highest BCUT2D eigenvalue weighted by Crippen LogP contribution is 2.30. The number of oxazole rings is 1. The number of aromatic nitrogens is 1. The minimum Gasteiger partial charge on any atom is -0.436 e. The molecule has 3 nitrogen and oxygen atoms in total. The Balaban J connectivity index is 1.80. The molecule has 0 N–H and O–H groups in total. The van der Waals surface area contributed by atoms with E-state index in [9.17, 15) is 4.39 Å². The number of anilines is 1. The Hall–Kier alpha value is -2.36.